The molecular formula is C8H8N2O4. The summed E-state index contributed by atoms with van der Waals surface area (Å²) in [4.78, 5) is 45.9. The molecule has 6 heteroatoms. The number of hydrogen-bond acceptors (Lipinski definition) is 4. The van der Waals surface area contributed by atoms with Crippen molar-refractivity contribution < 1.29 is 19.2 Å². The monoisotopic (exact) mass is 196 g/mol. The summed E-state index contributed by atoms with van der Waals surface area (Å²) in [5.74, 6) is -3.89. The lowest BCUT2D eigenvalue weighted by atomic mass is 9.88. The molecule has 2 fully saturated rings. The van der Waals surface area contributed by atoms with E-state index in [2.05, 4.69) is 0 Å². The van der Waals surface area contributed by atoms with Crippen molar-refractivity contribution >= 4 is 23.6 Å². The molecule has 2 heterocycles. The lowest BCUT2D eigenvalue weighted by Crippen LogP contribution is -2.47. The fourth-order valence-electron chi connectivity index (χ4n) is 1.85. The third kappa shape index (κ3) is 0.966. The first kappa shape index (κ1) is 8.86. The first-order valence-corrected chi connectivity index (χ1v) is 4.17. The van der Waals surface area contributed by atoms with Crippen molar-refractivity contribution in [3.8, 4) is 0 Å². The minimum absolute atomic E-state index is 0.0781. The summed E-state index contributed by atoms with van der Waals surface area (Å²) >= 11 is 0. The standard InChI is InChI=1S/C8H8N2O4/c1-10-7(13)3-2-4(11)9-6(12)5(3)8(10)14/h3,5H,2H2,1H3,(H,9,11,12)/t3-,5-/m1/s1. The second-order valence-electron chi connectivity index (χ2n) is 3.44. The average molecular weight is 196 g/mol. The Morgan fingerprint density at radius 2 is 1.86 bits per heavy atom. The molecule has 2 aliphatic rings. The molecule has 4 amide bonds. The summed E-state index contributed by atoms with van der Waals surface area (Å²) < 4.78 is 0. The van der Waals surface area contributed by atoms with Gasteiger partial charge in [-0.25, -0.2) is 0 Å². The number of hydrogen-bond donors (Lipinski definition) is 1. The maximum atomic E-state index is 11.4. The van der Waals surface area contributed by atoms with E-state index in [9.17, 15) is 19.2 Å². The Labute approximate surface area is 79.2 Å². The minimum atomic E-state index is -0.995. The van der Waals surface area contributed by atoms with Crippen LogP contribution in [0.2, 0.25) is 0 Å². The van der Waals surface area contributed by atoms with Gasteiger partial charge in [-0.15, -0.1) is 0 Å². The van der Waals surface area contributed by atoms with Crippen LogP contribution in [0.5, 0.6) is 0 Å². The molecule has 1 N–H and O–H groups in total. The number of nitrogens with zero attached hydrogens (tertiary/aromatic N) is 1. The molecule has 2 rings (SSSR count). The fraction of sp³-hybridized carbons (Fsp3) is 0.500. The van der Waals surface area contributed by atoms with Crippen LogP contribution in [0.4, 0.5) is 0 Å². The Morgan fingerprint density at radius 3 is 2.50 bits per heavy atom. The number of nitrogens with one attached hydrogen (secondary N) is 1. The first-order valence-electron chi connectivity index (χ1n) is 4.17. The number of likely N-dealkylation sites (tertiary alicyclic amines) is 1. The Bertz CT molecular complexity index is 362. The molecule has 0 bridgehead atoms. The molecular weight excluding hydrogens is 188 g/mol. The summed E-state index contributed by atoms with van der Waals surface area (Å²) in [5, 5.41) is 2.04. The van der Waals surface area contributed by atoms with E-state index < -0.39 is 35.5 Å². The van der Waals surface area contributed by atoms with Gasteiger partial charge in [-0.2, -0.15) is 0 Å². The van der Waals surface area contributed by atoms with Crippen LogP contribution in [0.3, 0.4) is 0 Å². The van der Waals surface area contributed by atoms with Crippen LogP contribution >= 0.6 is 0 Å². The van der Waals surface area contributed by atoms with Crippen LogP contribution in [-0.4, -0.2) is 35.6 Å². The summed E-state index contributed by atoms with van der Waals surface area (Å²) in [6, 6.07) is 0. The number of carbonyl (C=O) groups is 4. The molecule has 2 atom stereocenters. The van der Waals surface area contributed by atoms with Crippen molar-refractivity contribution in [2.45, 2.75) is 6.42 Å². The quantitative estimate of drug-likeness (QED) is 0.368. The van der Waals surface area contributed by atoms with Crippen LogP contribution in [0.15, 0.2) is 0 Å². The van der Waals surface area contributed by atoms with Crippen molar-refractivity contribution in [3.63, 3.8) is 0 Å². The summed E-state index contributed by atoms with van der Waals surface area (Å²) in [7, 11) is 1.32. The van der Waals surface area contributed by atoms with E-state index in [1.165, 1.54) is 7.05 Å². The number of amides is 4. The molecule has 2 aliphatic heterocycles. The Balaban J connectivity index is 2.38. The zero-order valence-electron chi connectivity index (χ0n) is 7.44. The van der Waals surface area contributed by atoms with E-state index in [1.807, 2.05) is 5.32 Å². The van der Waals surface area contributed by atoms with Crippen molar-refractivity contribution in [3.05, 3.63) is 0 Å². The normalized spacial score (nSPS) is 31.9. The van der Waals surface area contributed by atoms with Gasteiger partial charge in [0.2, 0.25) is 23.6 Å². The average Bonchev–Trinajstić information content (AvgIpc) is 2.31. The number of fused-ring (bicyclic) bond motifs is 1. The maximum absolute atomic E-state index is 11.4. The Hall–Kier alpha value is -1.72. The van der Waals surface area contributed by atoms with Gasteiger partial charge in [-0.05, 0) is 0 Å². The molecule has 0 aromatic carbocycles. The van der Waals surface area contributed by atoms with Crippen LogP contribution in [-0.2, 0) is 19.2 Å². The molecule has 74 valence electrons. The van der Waals surface area contributed by atoms with Gasteiger partial charge in [0.25, 0.3) is 0 Å². The second-order valence-corrected chi connectivity index (χ2v) is 3.44. The highest BCUT2D eigenvalue weighted by atomic mass is 16.2. The van der Waals surface area contributed by atoms with E-state index in [1.54, 1.807) is 0 Å². The van der Waals surface area contributed by atoms with Crippen molar-refractivity contribution in [1.29, 1.82) is 0 Å². The van der Waals surface area contributed by atoms with Gasteiger partial charge in [-0.3, -0.25) is 29.4 Å². The lowest BCUT2D eigenvalue weighted by Gasteiger charge is -2.19. The predicted octanol–water partition coefficient (Wildman–Crippen LogP) is -1.74. The fourth-order valence-corrected chi connectivity index (χ4v) is 1.85. The topological polar surface area (TPSA) is 83.6 Å². The van der Waals surface area contributed by atoms with Crippen LogP contribution < -0.4 is 5.32 Å². The molecule has 14 heavy (non-hydrogen) atoms. The SMILES string of the molecule is CN1C(=O)[C@H]2C(=O)NC(=O)C[C@H]2C1=O. The Kier molecular flexibility index (Phi) is 1.67. The third-order valence-corrected chi connectivity index (χ3v) is 2.60. The van der Waals surface area contributed by atoms with Crippen molar-refractivity contribution in [1.82, 2.24) is 10.2 Å². The molecule has 6 nitrogen and oxygen atoms in total. The largest absolute Gasteiger partial charge is 0.296 e. The van der Waals surface area contributed by atoms with Crippen LogP contribution in [0, 0.1) is 11.8 Å². The van der Waals surface area contributed by atoms with E-state index in [0.29, 0.717) is 0 Å². The first-order chi connectivity index (χ1) is 6.52. The molecule has 0 aromatic rings. The third-order valence-electron chi connectivity index (χ3n) is 2.60. The predicted molar refractivity (Wildman–Crippen MR) is 42.5 cm³/mol. The highest BCUT2D eigenvalue weighted by molar-refractivity contribution is 6.19. The van der Waals surface area contributed by atoms with Gasteiger partial charge in [0, 0.05) is 13.5 Å². The van der Waals surface area contributed by atoms with Gasteiger partial charge in [-0.1, -0.05) is 0 Å². The molecule has 0 aromatic heterocycles. The highest BCUT2D eigenvalue weighted by Crippen LogP contribution is 2.30. The van der Waals surface area contributed by atoms with Gasteiger partial charge >= 0.3 is 0 Å². The number of carbonyl (C=O) groups excluding carboxylic acids is 4. The molecule has 0 radical (unpaired) electrons. The molecule has 0 unspecified atom stereocenters. The molecule has 0 saturated carbocycles. The van der Waals surface area contributed by atoms with Crippen LogP contribution in [0.25, 0.3) is 0 Å². The summed E-state index contributed by atoms with van der Waals surface area (Å²) in [6.45, 7) is 0. The van der Waals surface area contributed by atoms with E-state index >= 15 is 0 Å². The summed E-state index contributed by atoms with van der Waals surface area (Å²) in [6.07, 6.45) is -0.0781. The van der Waals surface area contributed by atoms with Gasteiger partial charge in [0.15, 0.2) is 0 Å². The van der Waals surface area contributed by atoms with Crippen molar-refractivity contribution in [2.75, 3.05) is 7.05 Å². The van der Waals surface area contributed by atoms with E-state index in [4.69, 9.17) is 0 Å². The van der Waals surface area contributed by atoms with Crippen molar-refractivity contribution in [2.24, 2.45) is 11.8 Å². The molecule has 0 aliphatic carbocycles. The number of rotatable bonds is 0. The lowest BCUT2D eigenvalue weighted by molar-refractivity contribution is -0.143. The van der Waals surface area contributed by atoms with E-state index in [0.717, 1.165) is 4.90 Å². The van der Waals surface area contributed by atoms with Gasteiger partial charge in [0.1, 0.15) is 5.92 Å². The number of imide groups is 2. The minimum Gasteiger partial charge on any atom is -0.296 e. The van der Waals surface area contributed by atoms with E-state index in [-0.39, 0.29) is 6.42 Å². The maximum Gasteiger partial charge on any atom is 0.242 e. The van der Waals surface area contributed by atoms with Gasteiger partial charge in [0.05, 0.1) is 5.92 Å². The zero-order valence-corrected chi connectivity index (χ0v) is 7.44. The smallest absolute Gasteiger partial charge is 0.242 e. The Morgan fingerprint density at radius 1 is 1.21 bits per heavy atom. The second kappa shape index (κ2) is 2.63. The summed E-state index contributed by atoms with van der Waals surface area (Å²) in [5.41, 5.74) is 0. The molecule has 0 spiro atoms. The number of piperidine rings is 1. The van der Waals surface area contributed by atoms with Gasteiger partial charge < -0.3 is 0 Å². The zero-order chi connectivity index (χ0) is 10.5. The highest BCUT2D eigenvalue weighted by Gasteiger charge is 2.53. The van der Waals surface area contributed by atoms with Crippen LogP contribution in [0.1, 0.15) is 6.42 Å². The molecule has 2 saturated heterocycles.